The van der Waals surface area contributed by atoms with Crippen LogP contribution in [0.2, 0.25) is 0 Å². The molecule has 5 nitrogen and oxygen atoms in total. The van der Waals surface area contributed by atoms with Gasteiger partial charge in [-0.15, -0.1) is 0 Å². The van der Waals surface area contributed by atoms with Crippen molar-refractivity contribution in [3.05, 3.63) is 58.9 Å². The van der Waals surface area contributed by atoms with Crippen molar-refractivity contribution < 1.29 is 4.74 Å². The van der Waals surface area contributed by atoms with E-state index in [0.29, 0.717) is 13.2 Å². The molecule has 26 heavy (non-hydrogen) atoms. The maximum atomic E-state index is 5.23. The Morgan fingerprint density at radius 1 is 1.23 bits per heavy atom. The van der Waals surface area contributed by atoms with E-state index >= 15 is 0 Å². The molecule has 2 heterocycles. The molecule has 1 aliphatic rings. The molecule has 0 amide bonds. The van der Waals surface area contributed by atoms with E-state index in [1.54, 1.807) is 18.9 Å². The molecule has 0 bridgehead atoms. The van der Waals surface area contributed by atoms with Crippen molar-refractivity contribution >= 4 is 22.6 Å². The van der Waals surface area contributed by atoms with Gasteiger partial charge in [-0.3, -0.25) is 4.99 Å². The Hall–Kier alpha value is -2.05. The summed E-state index contributed by atoms with van der Waals surface area (Å²) in [5, 5.41) is 7.66. The maximum absolute atomic E-state index is 5.23. The first-order chi connectivity index (χ1) is 12.6. The first-order valence-corrected chi connectivity index (χ1v) is 9.77. The number of thioether (sulfide) groups is 1. The summed E-state index contributed by atoms with van der Waals surface area (Å²) in [6, 6.07) is 12.5. The quantitative estimate of drug-likeness (QED) is 0.779. The molecule has 1 aliphatic heterocycles. The molecule has 1 aromatic heterocycles. The zero-order valence-corrected chi connectivity index (χ0v) is 16.7. The number of ether oxygens (including phenoxy) is 1. The molecule has 0 saturated heterocycles. The van der Waals surface area contributed by atoms with Crippen LogP contribution >= 0.6 is 11.8 Å². The van der Waals surface area contributed by atoms with Gasteiger partial charge in [0, 0.05) is 43.4 Å². The third-order valence-corrected chi connectivity index (χ3v) is 5.60. The topological polar surface area (TPSA) is 42.1 Å². The Bertz CT molecular complexity index is 811. The number of hydrazone groups is 1. The first-order valence-electron chi connectivity index (χ1n) is 8.78. The lowest BCUT2D eigenvalue weighted by molar-refractivity contribution is 0.186. The van der Waals surface area contributed by atoms with Crippen molar-refractivity contribution in [1.29, 1.82) is 0 Å². The molecule has 6 heteroatoms. The number of aliphatic imine (C=N–C) groups is 1. The lowest BCUT2D eigenvalue weighted by Gasteiger charge is -2.23. The van der Waals surface area contributed by atoms with Gasteiger partial charge in [-0.05, 0) is 25.5 Å². The first kappa shape index (κ1) is 18.7. The number of amidine groups is 1. The van der Waals surface area contributed by atoms with Crippen molar-refractivity contribution in [2.75, 3.05) is 26.5 Å². The number of methoxy groups -OCH3 is 1. The summed E-state index contributed by atoms with van der Waals surface area (Å²) in [7, 11) is 3.71. The van der Waals surface area contributed by atoms with Crippen LogP contribution in [-0.2, 0) is 17.8 Å². The van der Waals surface area contributed by atoms with Crippen LogP contribution in [0.15, 0.2) is 46.5 Å². The van der Waals surface area contributed by atoms with E-state index < -0.39 is 0 Å². The van der Waals surface area contributed by atoms with Gasteiger partial charge in [0.05, 0.1) is 18.9 Å². The molecule has 1 aromatic carbocycles. The molecular weight excluding hydrogens is 344 g/mol. The van der Waals surface area contributed by atoms with Crippen LogP contribution in [0, 0.1) is 13.8 Å². The van der Waals surface area contributed by atoms with Crippen molar-refractivity contribution in [2.24, 2.45) is 10.1 Å². The van der Waals surface area contributed by atoms with E-state index in [-0.39, 0.29) is 0 Å². The predicted octanol–water partition coefficient (Wildman–Crippen LogP) is 3.69. The fraction of sp³-hybridized carbons (Fsp3) is 0.400. The largest absolute Gasteiger partial charge is 0.383 e. The molecule has 0 spiro atoms. The second-order valence-corrected chi connectivity index (χ2v) is 7.32. The summed E-state index contributed by atoms with van der Waals surface area (Å²) in [5.41, 5.74) is 6.03. The second-order valence-electron chi connectivity index (χ2n) is 6.37. The molecule has 0 N–H and O–H groups in total. The average Bonchev–Trinajstić information content (AvgIpc) is 2.94. The molecular formula is C20H26N4OS. The molecule has 0 fully saturated rings. The zero-order chi connectivity index (χ0) is 18.5. The highest BCUT2D eigenvalue weighted by molar-refractivity contribution is 8.14. The molecule has 0 unspecified atom stereocenters. The number of aryl methyl sites for hydroxylation is 1. The number of nitrogens with zero attached hydrogens (tertiary/aromatic N) is 4. The highest BCUT2D eigenvalue weighted by Crippen LogP contribution is 2.23. The Balaban J connectivity index is 1.76. The Morgan fingerprint density at radius 2 is 2.00 bits per heavy atom. The van der Waals surface area contributed by atoms with Crippen LogP contribution in [-0.4, -0.2) is 47.0 Å². The van der Waals surface area contributed by atoms with Gasteiger partial charge in [0.25, 0.3) is 0 Å². The minimum atomic E-state index is 0.684. The van der Waals surface area contributed by atoms with E-state index in [9.17, 15) is 0 Å². The van der Waals surface area contributed by atoms with E-state index in [0.717, 1.165) is 23.2 Å². The third-order valence-electron chi connectivity index (χ3n) is 4.53. The lowest BCUT2D eigenvalue weighted by atomic mass is 10.1. The molecule has 0 saturated carbocycles. The van der Waals surface area contributed by atoms with Crippen molar-refractivity contribution in [3.8, 4) is 0 Å². The number of hydrogen-bond acceptors (Lipinski definition) is 4. The predicted molar refractivity (Wildman–Crippen MR) is 110 cm³/mol. The Morgan fingerprint density at radius 3 is 2.69 bits per heavy atom. The van der Waals surface area contributed by atoms with Gasteiger partial charge in [0.2, 0.25) is 0 Å². The smallest absolute Gasteiger partial charge is 0.180 e. The number of hydrogen-bond donors (Lipinski definition) is 0. The van der Waals surface area contributed by atoms with Gasteiger partial charge in [-0.2, -0.15) is 5.10 Å². The molecule has 138 valence electrons. The Labute approximate surface area is 159 Å². The Kier molecular flexibility index (Phi) is 6.16. The standard InChI is InChI=1S/C20H26N4OS/c1-15-12-18(16(2)24(15)10-11-25-4)19-14-26-20(23(3)22-19)21-13-17-8-6-5-7-9-17/h5-9,12H,10-11,13-14H2,1-4H3. The molecule has 2 aromatic rings. The highest BCUT2D eigenvalue weighted by atomic mass is 32.2. The molecule has 0 atom stereocenters. The van der Waals surface area contributed by atoms with Crippen LogP contribution in [0.1, 0.15) is 22.5 Å². The van der Waals surface area contributed by atoms with Gasteiger partial charge in [-0.25, -0.2) is 5.01 Å². The number of benzene rings is 1. The fourth-order valence-corrected chi connectivity index (χ4v) is 3.98. The molecule has 3 rings (SSSR count). The zero-order valence-electron chi connectivity index (χ0n) is 15.9. The second kappa shape index (κ2) is 8.56. The molecule has 0 radical (unpaired) electrons. The normalized spacial score (nSPS) is 16.2. The van der Waals surface area contributed by atoms with Gasteiger partial charge < -0.3 is 9.30 Å². The van der Waals surface area contributed by atoms with Crippen LogP contribution in [0.3, 0.4) is 0 Å². The van der Waals surface area contributed by atoms with Crippen molar-refractivity contribution in [3.63, 3.8) is 0 Å². The SMILES string of the molecule is COCCn1c(C)cc(C2=NN(C)C(=NCc3ccccc3)SC2)c1C. The monoisotopic (exact) mass is 370 g/mol. The summed E-state index contributed by atoms with van der Waals surface area (Å²) in [6.45, 7) is 6.56. The van der Waals surface area contributed by atoms with Crippen molar-refractivity contribution in [2.45, 2.75) is 26.9 Å². The van der Waals surface area contributed by atoms with Crippen LogP contribution in [0.5, 0.6) is 0 Å². The summed E-state index contributed by atoms with van der Waals surface area (Å²) in [5.74, 6) is 0.840. The fourth-order valence-electron chi connectivity index (χ4n) is 3.12. The van der Waals surface area contributed by atoms with Crippen LogP contribution in [0.25, 0.3) is 0 Å². The van der Waals surface area contributed by atoms with Gasteiger partial charge in [0.1, 0.15) is 0 Å². The third kappa shape index (κ3) is 4.19. The minimum Gasteiger partial charge on any atom is -0.383 e. The van der Waals surface area contributed by atoms with E-state index in [1.807, 2.05) is 30.3 Å². The van der Waals surface area contributed by atoms with Gasteiger partial charge in [0.15, 0.2) is 5.17 Å². The lowest BCUT2D eigenvalue weighted by Crippen LogP contribution is -2.28. The van der Waals surface area contributed by atoms with Gasteiger partial charge in [-0.1, -0.05) is 42.1 Å². The van der Waals surface area contributed by atoms with Crippen molar-refractivity contribution in [1.82, 2.24) is 9.58 Å². The molecule has 0 aliphatic carbocycles. The van der Waals surface area contributed by atoms with E-state index in [2.05, 4.69) is 36.6 Å². The van der Waals surface area contributed by atoms with E-state index in [1.165, 1.54) is 22.5 Å². The van der Waals surface area contributed by atoms with Gasteiger partial charge >= 0.3 is 0 Å². The average molecular weight is 371 g/mol. The summed E-state index contributed by atoms with van der Waals surface area (Å²) < 4.78 is 7.52. The van der Waals surface area contributed by atoms with Crippen LogP contribution in [0.4, 0.5) is 0 Å². The maximum Gasteiger partial charge on any atom is 0.180 e. The minimum absolute atomic E-state index is 0.684. The summed E-state index contributed by atoms with van der Waals surface area (Å²) >= 11 is 1.75. The van der Waals surface area contributed by atoms with Crippen LogP contribution < -0.4 is 0 Å². The highest BCUT2D eigenvalue weighted by Gasteiger charge is 2.21. The van der Waals surface area contributed by atoms with E-state index in [4.69, 9.17) is 14.8 Å². The number of rotatable bonds is 6. The summed E-state index contributed by atoms with van der Waals surface area (Å²) in [4.78, 5) is 4.72. The summed E-state index contributed by atoms with van der Waals surface area (Å²) in [6.07, 6.45) is 0. The number of aromatic nitrogens is 1.